The van der Waals surface area contributed by atoms with Gasteiger partial charge in [-0.3, -0.25) is 4.79 Å². The molecule has 0 radical (unpaired) electrons. The van der Waals surface area contributed by atoms with Crippen LogP contribution in [0.25, 0.3) is 0 Å². The standard InChI is InChI=1S/C5H12N2O/c1-4(8)5(3-6)7-2/h5,7H,3,6H2,1-2H3. The SMILES string of the molecule is CNC(CN)C(C)=O. The molecule has 0 aliphatic rings. The Morgan fingerprint density at radius 3 is 2.38 bits per heavy atom. The van der Waals surface area contributed by atoms with Crippen LogP contribution in [0.2, 0.25) is 0 Å². The van der Waals surface area contributed by atoms with Crippen molar-refractivity contribution in [2.45, 2.75) is 13.0 Å². The minimum atomic E-state index is -0.157. The monoisotopic (exact) mass is 116 g/mol. The Kier molecular flexibility index (Phi) is 3.39. The summed E-state index contributed by atoms with van der Waals surface area (Å²) in [4.78, 5) is 10.5. The van der Waals surface area contributed by atoms with Crippen LogP contribution in [-0.2, 0) is 4.79 Å². The van der Waals surface area contributed by atoms with Gasteiger partial charge in [-0.15, -0.1) is 0 Å². The van der Waals surface area contributed by atoms with Crippen molar-refractivity contribution in [2.24, 2.45) is 5.73 Å². The van der Waals surface area contributed by atoms with Crippen LogP contribution < -0.4 is 11.1 Å². The van der Waals surface area contributed by atoms with Crippen LogP contribution in [0.5, 0.6) is 0 Å². The summed E-state index contributed by atoms with van der Waals surface area (Å²) in [5.74, 6) is 0.0926. The fraction of sp³-hybridized carbons (Fsp3) is 0.800. The molecule has 0 aliphatic carbocycles. The highest BCUT2D eigenvalue weighted by atomic mass is 16.1. The van der Waals surface area contributed by atoms with Gasteiger partial charge in [0.15, 0.2) is 0 Å². The Bertz CT molecular complexity index is 78.5. The zero-order valence-electron chi connectivity index (χ0n) is 5.27. The number of likely N-dealkylation sites (N-methyl/N-ethyl adjacent to an activating group) is 1. The number of rotatable bonds is 3. The largest absolute Gasteiger partial charge is 0.328 e. The van der Waals surface area contributed by atoms with Crippen molar-refractivity contribution in [1.82, 2.24) is 5.32 Å². The van der Waals surface area contributed by atoms with E-state index >= 15 is 0 Å². The summed E-state index contributed by atoms with van der Waals surface area (Å²) >= 11 is 0. The Morgan fingerprint density at radius 1 is 1.88 bits per heavy atom. The molecule has 0 bridgehead atoms. The highest BCUT2D eigenvalue weighted by Crippen LogP contribution is 1.77. The topological polar surface area (TPSA) is 55.1 Å². The molecule has 1 unspecified atom stereocenters. The summed E-state index contributed by atoms with van der Waals surface area (Å²) in [6, 6.07) is -0.157. The van der Waals surface area contributed by atoms with Gasteiger partial charge in [0.05, 0.1) is 6.04 Å². The van der Waals surface area contributed by atoms with Gasteiger partial charge in [-0.25, -0.2) is 0 Å². The van der Waals surface area contributed by atoms with Crippen LogP contribution in [0.4, 0.5) is 0 Å². The molecule has 0 aromatic rings. The molecule has 0 aliphatic heterocycles. The third-order valence-corrected chi connectivity index (χ3v) is 1.07. The molecule has 0 aromatic heterocycles. The summed E-state index contributed by atoms with van der Waals surface area (Å²) < 4.78 is 0. The molecule has 0 saturated carbocycles. The maximum absolute atomic E-state index is 10.5. The molecular formula is C5H12N2O. The second-order valence-corrected chi connectivity index (χ2v) is 1.69. The van der Waals surface area contributed by atoms with Crippen LogP contribution in [0, 0.1) is 0 Å². The van der Waals surface area contributed by atoms with Crippen molar-refractivity contribution >= 4 is 5.78 Å². The van der Waals surface area contributed by atoms with E-state index in [-0.39, 0.29) is 11.8 Å². The molecular weight excluding hydrogens is 104 g/mol. The molecule has 0 heterocycles. The number of nitrogens with two attached hydrogens (primary N) is 1. The first-order valence-corrected chi connectivity index (χ1v) is 2.60. The van der Waals surface area contributed by atoms with Crippen LogP contribution in [0.3, 0.4) is 0 Å². The fourth-order valence-electron chi connectivity index (χ4n) is 0.487. The third kappa shape index (κ3) is 2.04. The molecule has 8 heavy (non-hydrogen) atoms. The lowest BCUT2D eigenvalue weighted by molar-refractivity contribution is -0.118. The minimum Gasteiger partial charge on any atom is -0.328 e. The van der Waals surface area contributed by atoms with Crippen molar-refractivity contribution in [2.75, 3.05) is 13.6 Å². The molecule has 3 heteroatoms. The van der Waals surface area contributed by atoms with E-state index in [1.165, 1.54) is 6.92 Å². The van der Waals surface area contributed by atoms with Crippen LogP contribution in [0.15, 0.2) is 0 Å². The van der Waals surface area contributed by atoms with Gasteiger partial charge in [0.2, 0.25) is 0 Å². The van der Waals surface area contributed by atoms with E-state index in [0.29, 0.717) is 6.54 Å². The van der Waals surface area contributed by atoms with Gasteiger partial charge in [0, 0.05) is 6.54 Å². The van der Waals surface area contributed by atoms with E-state index in [1.807, 2.05) is 0 Å². The highest BCUT2D eigenvalue weighted by molar-refractivity contribution is 5.81. The minimum absolute atomic E-state index is 0.0926. The van der Waals surface area contributed by atoms with Crippen LogP contribution in [0.1, 0.15) is 6.92 Å². The Morgan fingerprint density at radius 2 is 2.38 bits per heavy atom. The van der Waals surface area contributed by atoms with Crippen LogP contribution in [-0.4, -0.2) is 25.4 Å². The molecule has 3 nitrogen and oxygen atoms in total. The Labute approximate surface area is 49.3 Å². The first-order chi connectivity index (χ1) is 3.72. The van der Waals surface area contributed by atoms with Gasteiger partial charge < -0.3 is 11.1 Å². The lowest BCUT2D eigenvalue weighted by Gasteiger charge is -2.07. The second kappa shape index (κ2) is 3.57. The predicted molar refractivity (Wildman–Crippen MR) is 32.6 cm³/mol. The number of ketones is 1. The van der Waals surface area contributed by atoms with Gasteiger partial charge >= 0.3 is 0 Å². The summed E-state index contributed by atoms with van der Waals surface area (Å²) in [5, 5.41) is 2.78. The van der Waals surface area contributed by atoms with Crippen molar-refractivity contribution in [3.05, 3.63) is 0 Å². The second-order valence-electron chi connectivity index (χ2n) is 1.69. The molecule has 0 amide bonds. The smallest absolute Gasteiger partial charge is 0.147 e. The number of carbonyl (C=O) groups is 1. The summed E-state index contributed by atoms with van der Waals surface area (Å²) in [7, 11) is 1.72. The molecule has 0 rings (SSSR count). The van der Waals surface area contributed by atoms with E-state index in [9.17, 15) is 4.79 Å². The average Bonchev–Trinajstić information content (AvgIpc) is 1.69. The lowest BCUT2D eigenvalue weighted by atomic mass is 10.2. The summed E-state index contributed by atoms with van der Waals surface area (Å²) in [5.41, 5.74) is 5.20. The number of hydrogen-bond donors (Lipinski definition) is 2. The number of carbonyl (C=O) groups excluding carboxylic acids is 1. The Hall–Kier alpha value is -0.410. The van der Waals surface area contributed by atoms with Crippen molar-refractivity contribution in [3.8, 4) is 0 Å². The number of hydrogen-bond acceptors (Lipinski definition) is 3. The van der Waals surface area contributed by atoms with Gasteiger partial charge in [0.1, 0.15) is 5.78 Å². The maximum atomic E-state index is 10.5. The first-order valence-electron chi connectivity index (χ1n) is 2.60. The maximum Gasteiger partial charge on any atom is 0.147 e. The number of Topliss-reactive ketones (excluding diaryl/α,β-unsaturated/α-hetero) is 1. The van der Waals surface area contributed by atoms with E-state index in [0.717, 1.165) is 0 Å². The zero-order valence-corrected chi connectivity index (χ0v) is 5.27. The van der Waals surface area contributed by atoms with Gasteiger partial charge in [-0.2, -0.15) is 0 Å². The van der Waals surface area contributed by atoms with Crippen LogP contribution >= 0.6 is 0 Å². The van der Waals surface area contributed by atoms with Crippen molar-refractivity contribution < 1.29 is 4.79 Å². The number of nitrogens with one attached hydrogen (secondary N) is 1. The van der Waals surface area contributed by atoms with Gasteiger partial charge in [-0.1, -0.05) is 0 Å². The van der Waals surface area contributed by atoms with Gasteiger partial charge in [-0.05, 0) is 14.0 Å². The highest BCUT2D eigenvalue weighted by Gasteiger charge is 2.06. The average molecular weight is 116 g/mol. The van der Waals surface area contributed by atoms with E-state index < -0.39 is 0 Å². The Balaban J connectivity index is 3.52. The van der Waals surface area contributed by atoms with E-state index in [4.69, 9.17) is 5.73 Å². The molecule has 3 N–H and O–H groups in total. The van der Waals surface area contributed by atoms with E-state index in [2.05, 4.69) is 5.32 Å². The molecule has 0 saturated heterocycles. The molecule has 0 spiro atoms. The normalized spacial score (nSPS) is 13.4. The summed E-state index contributed by atoms with van der Waals surface area (Å²) in [6.07, 6.45) is 0. The predicted octanol–water partition coefficient (Wildman–Crippen LogP) is -0.878. The molecule has 1 atom stereocenters. The lowest BCUT2D eigenvalue weighted by Crippen LogP contribution is -2.39. The van der Waals surface area contributed by atoms with Crippen molar-refractivity contribution in [1.29, 1.82) is 0 Å². The zero-order chi connectivity index (χ0) is 6.57. The molecule has 0 aromatic carbocycles. The van der Waals surface area contributed by atoms with Gasteiger partial charge in [0.25, 0.3) is 0 Å². The van der Waals surface area contributed by atoms with E-state index in [1.54, 1.807) is 7.05 Å². The first kappa shape index (κ1) is 7.59. The third-order valence-electron chi connectivity index (χ3n) is 1.07. The van der Waals surface area contributed by atoms with Crippen molar-refractivity contribution in [3.63, 3.8) is 0 Å². The molecule has 0 fully saturated rings. The molecule has 48 valence electrons. The quantitative estimate of drug-likeness (QED) is 0.503. The fourth-order valence-corrected chi connectivity index (χ4v) is 0.487. The summed E-state index contributed by atoms with van der Waals surface area (Å²) in [6.45, 7) is 1.90.